The molecule has 0 aromatic heterocycles. The first-order valence-corrected chi connectivity index (χ1v) is 9.45. The summed E-state index contributed by atoms with van der Waals surface area (Å²) >= 11 is 0. The molecule has 5 heteroatoms. The van der Waals surface area contributed by atoms with Crippen LogP contribution in [0.25, 0.3) is 17.2 Å². The van der Waals surface area contributed by atoms with Crippen LogP contribution in [-0.4, -0.2) is 19.0 Å². The van der Waals surface area contributed by atoms with Gasteiger partial charge in [0.15, 0.2) is 0 Å². The fourth-order valence-corrected chi connectivity index (χ4v) is 2.91. The number of methoxy groups -OCH3 is 1. The molecule has 3 aromatic rings. The van der Waals surface area contributed by atoms with Crippen molar-refractivity contribution in [3.05, 3.63) is 101 Å². The molecule has 1 N–H and O–H groups in total. The molecule has 0 aliphatic carbocycles. The Morgan fingerprint density at radius 1 is 0.967 bits per heavy atom. The third-order valence-electron chi connectivity index (χ3n) is 4.58. The normalized spacial score (nSPS) is 10.8. The summed E-state index contributed by atoms with van der Waals surface area (Å²) in [5, 5.41) is 2.91. The molecule has 0 atom stereocenters. The van der Waals surface area contributed by atoms with E-state index in [2.05, 4.69) is 10.1 Å². The molecule has 0 saturated heterocycles. The second kappa shape index (κ2) is 9.65. The molecule has 3 rings (SSSR count). The molecule has 0 spiro atoms. The summed E-state index contributed by atoms with van der Waals surface area (Å²) in [6.07, 6.45) is 2.87. The van der Waals surface area contributed by atoms with Crippen LogP contribution in [0.1, 0.15) is 27.0 Å². The maximum absolute atomic E-state index is 13.3. The summed E-state index contributed by atoms with van der Waals surface area (Å²) in [6, 6.07) is 19.2. The van der Waals surface area contributed by atoms with Gasteiger partial charge in [0.1, 0.15) is 5.82 Å². The number of benzene rings is 3. The maximum Gasteiger partial charge on any atom is 0.330 e. The molecule has 0 saturated carbocycles. The van der Waals surface area contributed by atoms with Gasteiger partial charge in [-0.1, -0.05) is 42.0 Å². The summed E-state index contributed by atoms with van der Waals surface area (Å²) in [7, 11) is 1.30. The Hall–Kier alpha value is -3.73. The van der Waals surface area contributed by atoms with Gasteiger partial charge >= 0.3 is 5.97 Å². The smallest absolute Gasteiger partial charge is 0.330 e. The number of rotatable bonds is 6. The van der Waals surface area contributed by atoms with E-state index in [4.69, 9.17) is 0 Å². The quantitative estimate of drug-likeness (QED) is 0.470. The minimum atomic E-state index is -0.493. The van der Waals surface area contributed by atoms with Gasteiger partial charge in [-0.3, -0.25) is 4.79 Å². The number of carbonyl (C=O) groups excluding carboxylic acids is 2. The number of nitrogens with one attached hydrogen (secondary N) is 1. The molecule has 0 heterocycles. The summed E-state index contributed by atoms with van der Waals surface area (Å²) in [5.41, 5.74) is 4.74. The van der Waals surface area contributed by atoms with E-state index in [1.54, 1.807) is 30.3 Å². The van der Waals surface area contributed by atoms with E-state index in [0.717, 1.165) is 22.3 Å². The number of ether oxygens (including phenoxy) is 1. The zero-order chi connectivity index (χ0) is 21.5. The van der Waals surface area contributed by atoms with Crippen LogP contribution in [0.3, 0.4) is 0 Å². The van der Waals surface area contributed by atoms with E-state index in [1.807, 2.05) is 37.3 Å². The zero-order valence-electron chi connectivity index (χ0n) is 16.8. The van der Waals surface area contributed by atoms with Gasteiger partial charge in [0, 0.05) is 18.2 Å². The number of hydrogen-bond donors (Lipinski definition) is 1. The number of esters is 1. The largest absolute Gasteiger partial charge is 0.466 e. The molecule has 30 heavy (non-hydrogen) atoms. The summed E-state index contributed by atoms with van der Waals surface area (Å²) < 4.78 is 17.9. The highest BCUT2D eigenvalue weighted by molar-refractivity contribution is 5.96. The number of carbonyl (C=O) groups is 2. The molecule has 152 valence electrons. The van der Waals surface area contributed by atoms with Crippen molar-refractivity contribution in [3.63, 3.8) is 0 Å². The highest BCUT2D eigenvalue weighted by Crippen LogP contribution is 2.24. The van der Waals surface area contributed by atoms with Crippen molar-refractivity contribution in [1.82, 2.24) is 5.32 Å². The number of halogens is 1. The molecule has 0 aliphatic heterocycles. The second-order valence-corrected chi connectivity index (χ2v) is 6.88. The topological polar surface area (TPSA) is 55.4 Å². The average molecular weight is 403 g/mol. The average Bonchev–Trinajstić information content (AvgIpc) is 2.77. The van der Waals surface area contributed by atoms with Crippen LogP contribution in [0.4, 0.5) is 4.39 Å². The van der Waals surface area contributed by atoms with Gasteiger partial charge in [-0.05, 0) is 65.6 Å². The highest BCUT2D eigenvalue weighted by atomic mass is 19.1. The Bertz CT molecular complexity index is 1070. The van der Waals surface area contributed by atoms with Crippen LogP contribution in [-0.2, 0) is 16.1 Å². The lowest BCUT2D eigenvalue weighted by atomic mass is 9.99. The van der Waals surface area contributed by atoms with Crippen molar-refractivity contribution in [2.24, 2.45) is 0 Å². The fourth-order valence-electron chi connectivity index (χ4n) is 2.91. The lowest BCUT2D eigenvalue weighted by molar-refractivity contribution is -0.134. The van der Waals surface area contributed by atoms with Gasteiger partial charge in [0.25, 0.3) is 5.91 Å². The zero-order valence-corrected chi connectivity index (χ0v) is 16.8. The van der Waals surface area contributed by atoms with Crippen LogP contribution in [0.5, 0.6) is 0 Å². The highest BCUT2D eigenvalue weighted by Gasteiger charge is 2.10. The minimum absolute atomic E-state index is 0.243. The van der Waals surface area contributed by atoms with Crippen LogP contribution in [0.15, 0.2) is 72.8 Å². The van der Waals surface area contributed by atoms with Crippen molar-refractivity contribution in [2.45, 2.75) is 13.5 Å². The van der Waals surface area contributed by atoms with Crippen molar-refractivity contribution in [3.8, 4) is 11.1 Å². The Kier molecular flexibility index (Phi) is 6.75. The molecule has 0 bridgehead atoms. The molecule has 0 radical (unpaired) electrons. The predicted molar refractivity (Wildman–Crippen MR) is 115 cm³/mol. The Balaban J connectivity index is 1.88. The third-order valence-corrected chi connectivity index (χ3v) is 4.58. The summed E-state index contributed by atoms with van der Waals surface area (Å²) in [4.78, 5) is 24.2. The molecule has 3 aromatic carbocycles. The first-order chi connectivity index (χ1) is 14.4. The summed E-state index contributed by atoms with van der Waals surface area (Å²) in [5.74, 6) is -1.07. The Labute approximate surface area is 175 Å². The molecular formula is C25H22FNO3. The number of hydrogen-bond acceptors (Lipinski definition) is 3. The second-order valence-electron chi connectivity index (χ2n) is 6.88. The Morgan fingerprint density at radius 3 is 2.33 bits per heavy atom. The molecule has 0 unspecified atom stereocenters. The van der Waals surface area contributed by atoms with Gasteiger partial charge in [-0.25, -0.2) is 9.18 Å². The SMILES string of the molecule is COC(=O)/C=C/c1cc(C(=O)NCc2ccc(C)cc2)cc(-c2ccc(F)cc2)c1. The van der Waals surface area contributed by atoms with Crippen LogP contribution in [0.2, 0.25) is 0 Å². The first-order valence-electron chi connectivity index (χ1n) is 9.45. The molecule has 0 fully saturated rings. The van der Waals surface area contributed by atoms with E-state index in [-0.39, 0.29) is 11.7 Å². The van der Waals surface area contributed by atoms with E-state index >= 15 is 0 Å². The third kappa shape index (κ3) is 5.64. The molecule has 0 aliphatic rings. The van der Waals surface area contributed by atoms with Crippen LogP contribution in [0, 0.1) is 12.7 Å². The number of amides is 1. The maximum atomic E-state index is 13.3. The van der Waals surface area contributed by atoms with Gasteiger partial charge in [-0.2, -0.15) is 0 Å². The van der Waals surface area contributed by atoms with Crippen molar-refractivity contribution in [1.29, 1.82) is 0 Å². The van der Waals surface area contributed by atoms with E-state index in [9.17, 15) is 14.0 Å². The van der Waals surface area contributed by atoms with Crippen molar-refractivity contribution >= 4 is 18.0 Å². The van der Waals surface area contributed by atoms with Gasteiger partial charge in [0.05, 0.1) is 7.11 Å². The van der Waals surface area contributed by atoms with Crippen LogP contribution >= 0.6 is 0 Å². The minimum Gasteiger partial charge on any atom is -0.466 e. The van der Waals surface area contributed by atoms with Gasteiger partial charge in [-0.15, -0.1) is 0 Å². The van der Waals surface area contributed by atoms with Gasteiger partial charge in [0.2, 0.25) is 0 Å². The monoisotopic (exact) mass is 403 g/mol. The first kappa shape index (κ1) is 21.0. The molecule has 1 amide bonds. The Morgan fingerprint density at radius 2 is 1.67 bits per heavy atom. The lowest BCUT2D eigenvalue weighted by Crippen LogP contribution is -2.22. The van der Waals surface area contributed by atoms with Crippen molar-refractivity contribution < 1.29 is 18.7 Å². The van der Waals surface area contributed by atoms with E-state index < -0.39 is 5.97 Å². The van der Waals surface area contributed by atoms with Crippen molar-refractivity contribution in [2.75, 3.05) is 7.11 Å². The van der Waals surface area contributed by atoms with Gasteiger partial charge < -0.3 is 10.1 Å². The van der Waals surface area contributed by atoms with E-state index in [0.29, 0.717) is 17.7 Å². The number of aryl methyl sites for hydroxylation is 1. The lowest BCUT2D eigenvalue weighted by Gasteiger charge is -2.10. The molecular weight excluding hydrogens is 381 g/mol. The van der Waals surface area contributed by atoms with Crippen LogP contribution < -0.4 is 5.32 Å². The summed E-state index contributed by atoms with van der Waals surface area (Å²) in [6.45, 7) is 2.40. The van der Waals surface area contributed by atoms with E-state index in [1.165, 1.54) is 25.3 Å². The standard InChI is InChI=1S/C25H22FNO3/c1-17-3-5-18(6-4-17)16-27-25(29)22-14-19(7-12-24(28)30-2)13-21(15-22)20-8-10-23(26)11-9-20/h3-15H,16H2,1-2H3,(H,27,29)/b12-7+. The predicted octanol–water partition coefficient (Wildman–Crippen LogP) is 4.92. The fraction of sp³-hybridized carbons (Fsp3) is 0.120. The molecule has 4 nitrogen and oxygen atoms in total.